The Morgan fingerprint density at radius 1 is 1.35 bits per heavy atom. The maximum Gasteiger partial charge on any atom is 0.320 e. The number of likely N-dealkylation sites (tertiary alicyclic amines) is 1. The van der Waals surface area contributed by atoms with E-state index in [1.807, 2.05) is 42.2 Å². The van der Waals surface area contributed by atoms with Crippen LogP contribution in [0, 0.1) is 12.3 Å². The largest absolute Gasteiger partial charge is 0.480 e. The quantitative estimate of drug-likeness (QED) is 0.878. The summed E-state index contributed by atoms with van der Waals surface area (Å²) in [5, 5.41) is 17.2. The first-order valence-electron chi connectivity index (χ1n) is 9.25. The molecule has 2 N–H and O–H groups in total. The number of hydrogen-bond acceptors (Lipinski definition) is 5. The van der Waals surface area contributed by atoms with Crippen molar-refractivity contribution in [3.63, 3.8) is 0 Å². The summed E-state index contributed by atoms with van der Waals surface area (Å²) in [6.45, 7) is 5.30. The number of carboxylic acids is 1. The molecule has 2 aliphatic heterocycles. The number of piperidine rings is 1. The van der Waals surface area contributed by atoms with Crippen molar-refractivity contribution >= 4 is 5.97 Å². The standard InChI is InChI=1S/C20H25N3O3/c1-14-2-4-15(5-3-14)17-10-16(26-22-17)12-23-13-20(6-8-21-9-7-20)11-18(23)19(24)25/h2-5,10,18,21H,6-9,11-13H2,1H3,(H,24,25)/t18-/m0/s1. The van der Waals surface area contributed by atoms with Crippen LogP contribution >= 0.6 is 0 Å². The van der Waals surface area contributed by atoms with Crippen molar-refractivity contribution in [1.82, 2.24) is 15.4 Å². The van der Waals surface area contributed by atoms with Gasteiger partial charge in [0, 0.05) is 18.2 Å². The highest BCUT2D eigenvalue weighted by atomic mass is 16.5. The van der Waals surface area contributed by atoms with Gasteiger partial charge in [0.05, 0.1) is 6.54 Å². The predicted molar refractivity (Wildman–Crippen MR) is 97.7 cm³/mol. The second-order valence-electron chi connectivity index (χ2n) is 7.76. The number of aryl methyl sites for hydroxylation is 1. The smallest absolute Gasteiger partial charge is 0.320 e. The number of rotatable bonds is 4. The molecule has 2 fully saturated rings. The number of nitrogens with one attached hydrogen (secondary N) is 1. The zero-order valence-corrected chi connectivity index (χ0v) is 15.1. The molecule has 1 aromatic carbocycles. The Morgan fingerprint density at radius 3 is 2.77 bits per heavy atom. The second-order valence-corrected chi connectivity index (χ2v) is 7.76. The van der Waals surface area contributed by atoms with Crippen LogP contribution in [0.5, 0.6) is 0 Å². The molecule has 26 heavy (non-hydrogen) atoms. The van der Waals surface area contributed by atoms with Crippen LogP contribution in [0.25, 0.3) is 11.3 Å². The van der Waals surface area contributed by atoms with Gasteiger partial charge in [0.15, 0.2) is 5.76 Å². The Labute approximate surface area is 153 Å². The maximum absolute atomic E-state index is 11.8. The van der Waals surface area contributed by atoms with Gasteiger partial charge in [-0.15, -0.1) is 0 Å². The van der Waals surface area contributed by atoms with Crippen LogP contribution in [-0.2, 0) is 11.3 Å². The van der Waals surface area contributed by atoms with Crippen LogP contribution in [0.4, 0.5) is 0 Å². The molecule has 6 heteroatoms. The van der Waals surface area contributed by atoms with Gasteiger partial charge in [0.25, 0.3) is 0 Å². The van der Waals surface area contributed by atoms with Gasteiger partial charge in [-0.3, -0.25) is 9.69 Å². The predicted octanol–water partition coefficient (Wildman–Crippen LogP) is 2.68. The summed E-state index contributed by atoms with van der Waals surface area (Å²) in [5.74, 6) is -0.0171. The molecular formula is C20H25N3O3. The van der Waals surface area contributed by atoms with Crippen molar-refractivity contribution in [2.75, 3.05) is 19.6 Å². The van der Waals surface area contributed by atoms with Gasteiger partial charge >= 0.3 is 5.97 Å². The minimum atomic E-state index is -0.737. The molecule has 1 spiro atoms. The number of nitrogens with zero attached hydrogens (tertiary/aromatic N) is 2. The van der Waals surface area contributed by atoms with Crippen molar-refractivity contribution in [2.45, 2.75) is 38.8 Å². The lowest BCUT2D eigenvalue weighted by molar-refractivity contribution is -0.142. The first-order chi connectivity index (χ1) is 12.5. The molecule has 1 atom stereocenters. The van der Waals surface area contributed by atoms with Crippen LogP contribution in [0.2, 0.25) is 0 Å². The number of aliphatic carboxylic acids is 1. The minimum absolute atomic E-state index is 0.119. The van der Waals surface area contributed by atoms with Gasteiger partial charge in [-0.2, -0.15) is 0 Å². The van der Waals surface area contributed by atoms with E-state index in [1.165, 1.54) is 5.56 Å². The molecule has 2 aliphatic rings. The highest BCUT2D eigenvalue weighted by Gasteiger charge is 2.47. The number of aromatic nitrogens is 1. The summed E-state index contributed by atoms with van der Waals surface area (Å²) in [4.78, 5) is 13.8. The summed E-state index contributed by atoms with van der Waals surface area (Å²) >= 11 is 0. The van der Waals surface area contributed by atoms with Crippen molar-refractivity contribution in [3.8, 4) is 11.3 Å². The highest BCUT2D eigenvalue weighted by Crippen LogP contribution is 2.42. The maximum atomic E-state index is 11.8. The minimum Gasteiger partial charge on any atom is -0.480 e. The molecule has 138 valence electrons. The van der Waals surface area contributed by atoms with Gasteiger partial charge in [0.1, 0.15) is 11.7 Å². The zero-order chi connectivity index (χ0) is 18.1. The van der Waals surface area contributed by atoms with Gasteiger partial charge in [-0.1, -0.05) is 35.0 Å². The van der Waals surface area contributed by atoms with Crippen LogP contribution < -0.4 is 5.32 Å². The van der Waals surface area contributed by atoms with E-state index in [0.717, 1.165) is 55.9 Å². The molecular weight excluding hydrogens is 330 g/mol. The average molecular weight is 355 g/mol. The Balaban J connectivity index is 1.50. The Morgan fingerprint density at radius 2 is 2.08 bits per heavy atom. The van der Waals surface area contributed by atoms with Crippen molar-refractivity contribution < 1.29 is 14.4 Å². The Hall–Kier alpha value is -2.18. The Bertz CT molecular complexity index is 778. The number of hydrogen-bond donors (Lipinski definition) is 2. The lowest BCUT2D eigenvalue weighted by Crippen LogP contribution is -2.38. The zero-order valence-electron chi connectivity index (χ0n) is 15.1. The van der Waals surface area contributed by atoms with Crippen molar-refractivity contribution in [2.24, 2.45) is 5.41 Å². The number of carbonyl (C=O) groups is 1. The fourth-order valence-corrected chi connectivity index (χ4v) is 4.32. The molecule has 0 amide bonds. The molecule has 4 rings (SSSR count). The van der Waals surface area contributed by atoms with Gasteiger partial charge in [0.2, 0.25) is 0 Å². The molecule has 0 bridgehead atoms. The van der Waals surface area contributed by atoms with Gasteiger partial charge < -0.3 is 14.9 Å². The Kier molecular flexibility index (Phi) is 4.54. The molecule has 6 nitrogen and oxygen atoms in total. The lowest BCUT2D eigenvalue weighted by atomic mass is 9.77. The molecule has 0 unspecified atom stereocenters. The van der Waals surface area contributed by atoms with E-state index < -0.39 is 12.0 Å². The van der Waals surface area contributed by atoms with Crippen LogP contribution in [0.1, 0.15) is 30.6 Å². The van der Waals surface area contributed by atoms with Gasteiger partial charge in [-0.25, -0.2) is 0 Å². The van der Waals surface area contributed by atoms with E-state index in [0.29, 0.717) is 6.54 Å². The first kappa shape index (κ1) is 17.2. The number of benzene rings is 1. The van der Waals surface area contributed by atoms with Crippen LogP contribution in [0.15, 0.2) is 34.9 Å². The average Bonchev–Trinajstić information content (AvgIpc) is 3.22. The summed E-state index contributed by atoms with van der Waals surface area (Å²) in [6.07, 6.45) is 2.81. The molecule has 3 heterocycles. The SMILES string of the molecule is Cc1ccc(-c2cc(CN3CC4(CCNCC4)C[C@H]3C(=O)O)on2)cc1. The third-order valence-electron chi connectivity index (χ3n) is 5.82. The van der Waals surface area contributed by atoms with E-state index in [4.69, 9.17) is 4.52 Å². The van der Waals surface area contributed by atoms with E-state index in [1.54, 1.807) is 0 Å². The van der Waals surface area contributed by atoms with E-state index >= 15 is 0 Å². The van der Waals surface area contributed by atoms with Gasteiger partial charge in [-0.05, 0) is 44.7 Å². The topological polar surface area (TPSA) is 78.6 Å². The molecule has 1 aromatic heterocycles. The fourth-order valence-electron chi connectivity index (χ4n) is 4.32. The summed E-state index contributed by atoms with van der Waals surface area (Å²) in [6, 6.07) is 9.63. The van der Waals surface area contributed by atoms with Crippen LogP contribution in [-0.4, -0.2) is 46.8 Å². The van der Waals surface area contributed by atoms with Crippen molar-refractivity contribution in [1.29, 1.82) is 0 Å². The molecule has 2 saturated heterocycles. The molecule has 2 aromatic rings. The van der Waals surface area contributed by atoms with Crippen LogP contribution in [0.3, 0.4) is 0 Å². The third kappa shape index (κ3) is 3.39. The van der Waals surface area contributed by atoms with E-state index in [9.17, 15) is 9.90 Å². The number of carboxylic acid groups (broad SMARTS) is 1. The fraction of sp³-hybridized carbons (Fsp3) is 0.500. The van der Waals surface area contributed by atoms with E-state index in [-0.39, 0.29) is 5.41 Å². The molecule has 0 radical (unpaired) electrons. The molecule has 0 saturated carbocycles. The molecule has 0 aliphatic carbocycles. The van der Waals surface area contributed by atoms with E-state index in [2.05, 4.69) is 10.5 Å². The summed E-state index contributed by atoms with van der Waals surface area (Å²) in [7, 11) is 0. The lowest BCUT2D eigenvalue weighted by Gasteiger charge is -2.33. The van der Waals surface area contributed by atoms with Crippen molar-refractivity contribution in [3.05, 3.63) is 41.7 Å². The summed E-state index contributed by atoms with van der Waals surface area (Å²) in [5.41, 5.74) is 3.12. The summed E-state index contributed by atoms with van der Waals surface area (Å²) < 4.78 is 5.52. The normalized spacial score (nSPS) is 22.7. The first-order valence-corrected chi connectivity index (χ1v) is 9.25. The highest BCUT2D eigenvalue weighted by molar-refractivity contribution is 5.74. The second kappa shape index (κ2) is 6.85. The third-order valence-corrected chi connectivity index (χ3v) is 5.82. The monoisotopic (exact) mass is 355 g/mol.